The summed E-state index contributed by atoms with van der Waals surface area (Å²) >= 11 is 6.45. The first-order chi connectivity index (χ1) is 9.97. The van der Waals surface area contributed by atoms with E-state index in [0.717, 1.165) is 22.6 Å². The lowest BCUT2D eigenvalue weighted by atomic mass is 10.0. The van der Waals surface area contributed by atoms with E-state index < -0.39 is 0 Å². The number of imidazole rings is 1. The highest BCUT2D eigenvalue weighted by atomic mass is 35.5. The second-order valence-corrected chi connectivity index (χ2v) is 6.37. The first-order valence-electron chi connectivity index (χ1n) is 7.17. The number of nitrogens with zero attached hydrogens (tertiary/aromatic N) is 2. The van der Waals surface area contributed by atoms with Gasteiger partial charge in [-0.15, -0.1) is 11.6 Å². The summed E-state index contributed by atoms with van der Waals surface area (Å²) in [5.41, 5.74) is 7.83. The molecule has 1 aromatic carbocycles. The van der Waals surface area contributed by atoms with Crippen molar-refractivity contribution < 1.29 is 0 Å². The molecule has 0 spiro atoms. The number of alkyl halides is 1. The van der Waals surface area contributed by atoms with Gasteiger partial charge >= 0.3 is 0 Å². The molecule has 0 aliphatic heterocycles. The van der Waals surface area contributed by atoms with Crippen LogP contribution >= 0.6 is 11.6 Å². The van der Waals surface area contributed by atoms with Gasteiger partial charge in [0.15, 0.2) is 0 Å². The predicted octanol–water partition coefficient (Wildman–Crippen LogP) is 5.23. The molecule has 3 aromatic rings. The van der Waals surface area contributed by atoms with Crippen molar-refractivity contribution in [3.63, 3.8) is 0 Å². The van der Waals surface area contributed by atoms with Gasteiger partial charge in [0.2, 0.25) is 0 Å². The van der Waals surface area contributed by atoms with Gasteiger partial charge in [0.25, 0.3) is 0 Å². The Morgan fingerprint density at radius 3 is 2.43 bits per heavy atom. The number of aryl methyl sites for hydroxylation is 3. The molecule has 0 saturated carbocycles. The van der Waals surface area contributed by atoms with E-state index in [2.05, 4.69) is 55.6 Å². The number of benzene rings is 1. The second kappa shape index (κ2) is 5.19. The fourth-order valence-electron chi connectivity index (χ4n) is 2.83. The number of pyridine rings is 1. The molecule has 0 saturated heterocycles. The summed E-state index contributed by atoms with van der Waals surface area (Å²) in [5, 5.41) is -0.0995. The van der Waals surface area contributed by atoms with Crippen LogP contribution in [0.2, 0.25) is 0 Å². The number of halogens is 1. The van der Waals surface area contributed by atoms with Gasteiger partial charge in [-0.3, -0.25) is 0 Å². The second-order valence-electron chi connectivity index (χ2n) is 5.71. The highest BCUT2D eigenvalue weighted by Crippen LogP contribution is 2.34. The van der Waals surface area contributed by atoms with Crippen LogP contribution in [0.15, 0.2) is 36.5 Å². The van der Waals surface area contributed by atoms with E-state index in [1.165, 1.54) is 16.7 Å². The van der Waals surface area contributed by atoms with Gasteiger partial charge in [0.1, 0.15) is 5.65 Å². The smallest absolute Gasteiger partial charge is 0.137 e. The fourth-order valence-corrected chi connectivity index (χ4v) is 3.04. The number of hydrogen-bond acceptors (Lipinski definition) is 1. The zero-order chi connectivity index (χ0) is 15.1. The van der Waals surface area contributed by atoms with Crippen LogP contribution in [0, 0.1) is 20.8 Å². The number of aromatic nitrogens is 2. The van der Waals surface area contributed by atoms with Gasteiger partial charge in [-0.2, -0.15) is 0 Å². The van der Waals surface area contributed by atoms with Crippen LogP contribution in [0.25, 0.3) is 16.9 Å². The third-order valence-electron chi connectivity index (χ3n) is 3.82. The Labute approximate surface area is 130 Å². The number of rotatable bonds is 2. The summed E-state index contributed by atoms with van der Waals surface area (Å²) in [5.74, 6) is 0. The lowest BCUT2D eigenvalue weighted by molar-refractivity contribution is 0.959. The third-order valence-corrected chi connectivity index (χ3v) is 4.02. The van der Waals surface area contributed by atoms with Crippen molar-refractivity contribution in [2.75, 3.05) is 0 Å². The first-order valence-corrected chi connectivity index (χ1v) is 7.61. The molecule has 0 amide bonds. The normalized spacial score (nSPS) is 12.8. The first kappa shape index (κ1) is 14.2. The maximum Gasteiger partial charge on any atom is 0.137 e. The van der Waals surface area contributed by atoms with Crippen LogP contribution in [0.4, 0.5) is 0 Å². The fraction of sp³-hybridized carbons (Fsp3) is 0.278. The Kier molecular flexibility index (Phi) is 3.50. The largest absolute Gasteiger partial charge is 0.302 e. The molecule has 0 aliphatic rings. The molecule has 2 aromatic heterocycles. The molecular weight excluding hydrogens is 280 g/mol. The van der Waals surface area contributed by atoms with E-state index in [9.17, 15) is 0 Å². The summed E-state index contributed by atoms with van der Waals surface area (Å²) in [7, 11) is 0. The average molecular weight is 299 g/mol. The zero-order valence-electron chi connectivity index (χ0n) is 12.8. The molecule has 0 aliphatic carbocycles. The van der Waals surface area contributed by atoms with Gasteiger partial charge in [0, 0.05) is 11.8 Å². The maximum atomic E-state index is 6.45. The van der Waals surface area contributed by atoms with Crippen molar-refractivity contribution in [1.82, 2.24) is 9.38 Å². The van der Waals surface area contributed by atoms with Crippen molar-refractivity contribution in [3.8, 4) is 11.3 Å². The van der Waals surface area contributed by atoms with Crippen LogP contribution in [-0.4, -0.2) is 9.38 Å². The highest BCUT2D eigenvalue weighted by Gasteiger charge is 2.19. The van der Waals surface area contributed by atoms with Gasteiger partial charge < -0.3 is 4.40 Å². The topological polar surface area (TPSA) is 17.3 Å². The molecule has 1 atom stereocenters. The minimum absolute atomic E-state index is 0.0995. The molecule has 0 N–H and O–H groups in total. The van der Waals surface area contributed by atoms with Crippen LogP contribution in [0.5, 0.6) is 0 Å². The summed E-state index contributed by atoms with van der Waals surface area (Å²) in [6.07, 6.45) is 2.10. The minimum atomic E-state index is -0.0995. The molecule has 108 valence electrons. The van der Waals surface area contributed by atoms with Crippen molar-refractivity contribution in [2.45, 2.75) is 33.1 Å². The summed E-state index contributed by atoms with van der Waals surface area (Å²) in [6.45, 7) is 8.31. The lowest BCUT2D eigenvalue weighted by Crippen LogP contribution is -1.96. The predicted molar refractivity (Wildman–Crippen MR) is 89.1 cm³/mol. The Balaban J connectivity index is 2.34. The average Bonchev–Trinajstić information content (AvgIpc) is 2.76. The zero-order valence-corrected chi connectivity index (χ0v) is 13.6. The molecule has 1 unspecified atom stereocenters. The van der Waals surface area contributed by atoms with Crippen molar-refractivity contribution in [2.24, 2.45) is 0 Å². The van der Waals surface area contributed by atoms with E-state index in [-0.39, 0.29) is 5.38 Å². The quantitative estimate of drug-likeness (QED) is 0.592. The maximum absolute atomic E-state index is 6.45. The summed E-state index contributed by atoms with van der Waals surface area (Å²) < 4.78 is 2.11. The SMILES string of the molecule is Cc1ccc(-c2nc3ccc(C)cn3c2C(C)Cl)c(C)c1. The Hall–Kier alpha value is -1.80. The molecule has 0 radical (unpaired) electrons. The van der Waals surface area contributed by atoms with Gasteiger partial charge in [0.05, 0.1) is 16.8 Å². The molecule has 0 bridgehead atoms. The Morgan fingerprint density at radius 1 is 1.05 bits per heavy atom. The molecule has 2 nitrogen and oxygen atoms in total. The molecule has 3 rings (SSSR count). The van der Waals surface area contributed by atoms with E-state index >= 15 is 0 Å². The number of fused-ring (bicyclic) bond motifs is 1. The van der Waals surface area contributed by atoms with Crippen molar-refractivity contribution in [1.29, 1.82) is 0 Å². The monoisotopic (exact) mass is 298 g/mol. The van der Waals surface area contributed by atoms with Crippen LogP contribution < -0.4 is 0 Å². The third kappa shape index (κ3) is 2.44. The van der Waals surface area contributed by atoms with Gasteiger partial charge in [-0.1, -0.05) is 29.8 Å². The van der Waals surface area contributed by atoms with Crippen molar-refractivity contribution in [3.05, 3.63) is 58.9 Å². The van der Waals surface area contributed by atoms with Crippen LogP contribution in [0.3, 0.4) is 0 Å². The van der Waals surface area contributed by atoms with E-state index in [1.807, 2.05) is 13.0 Å². The molecular formula is C18H19ClN2. The van der Waals surface area contributed by atoms with E-state index in [0.29, 0.717) is 0 Å². The molecule has 3 heteroatoms. The van der Waals surface area contributed by atoms with Gasteiger partial charge in [-0.25, -0.2) is 4.98 Å². The summed E-state index contributed by atoms with van der Waals surface area (Å²) in [4.78, 5) is 4.81. The standard InChI is InChI=1S/C18H19ClN2/c1-11-5-7-15(13(3)9-11)17-18(14(4)19)21-10-12(2)6-8-16(21)20-17/h5-10,14H,1-4H3. The molecule has 21 heavy (non-hydrogen) atoms. The van der Waals surface area contributed by atoms with E-state index in [4.69, 9.17) is 16.6 Å². The van der Waals surface area contributed by atoms with Gasteiger partial charge in [-0.05, 0) is 44.9 Å². The Bertz CT molecular complexity index is 815. The molecule has 0 fully saturated rings. The molecule has 2 heterocycles. The lowest BCUT2D eigenvalue weighted by Gasteiger charge is -2.10. The van der Waals surface area contributed by atoms with Crippen LogP contribution in [-0.2, 0) is 0 Å². The Morgan fingerprint density at radius 2 is 1.76 bits per heavy atom. The number of hydrogen-bond donors (Lipinski definition) is 0. The van der Waals surface area contributed by atoms with Crippen LogP contribution in [0.1, 0.15) is 34.7 Å². The minimum Gasteiger partial charge on any atom is -0.302 e. The van der Waals surface area contributed by atoms with E-state index in [1.54, 1.807) is 0 Å². The summed E-state index contributed by atoms with van der Waals surface area (Å²) in [6, 6.07) is 10.6. The highest BCUT2D eigenvalue weighted by molar-refractivity contribution is 6.20. The van der Waals surface area contributed by atoms with Crippen molar-refractivity contribution >= 4 is 17.2 Å².